The van der Waals surface area contributed by atoms with Gasteiger partial charge in [-0.15, -0.1) is 0 Å². The molecule has 0 spiro atoms. The van der Waals surface area contributed by atoms with Crippen molar-refractivity contribution in [2.75, 3.05) is 0 Å². The van der Waals surface area contributed by atoms with Crippen LogP contribution in [-0.4, -0.2) is 23.0 Å². The maximum absolute atomic E-state index is 11.9. The van der Waals surface area contributed by atoms with E-state index in [4.69, 9.17) is 5.11 Å². The molecule has 2 rings (SSSR count). The summed E-state index contributed by atoms with van der Waals surface area (Å²) in [6.45, 7) is 1.47. The van der Waals surface area contributed by atoms with Gasteiger partial charge >= 0.3 is 5.97 Å². The van der Waals surface area contributed by atoms with Gasteiger partial charge in [0.15, 0.2) is 0 Å². The number of aliphatic carboxylic acids is 1. The predicted octanol–water partition coefficient (Wildman–Crippen LogP) is 1.31. The molecule has 1 unspecified atom stereocenters. The molecule has 0 fully saturated rings. The number of benzene rings is 1. The van der Waals surface area contributed by atoms with Crippen molar-refractivity contribution in [3.63, 3.8) is 0 Å². The third kappa shape index (κ3) is 2.30. The van der Waals surface area contributed by atoms with Crippen LogP contribution in [0.3, 0.4) is 0 Å². The van der Waals surface area contributed by atoms with Crippen LogP contribution in [-0.2, 0) is 16.0 Å². The number of carboxylic acids is 1. The Kier molecular flexibility index (Phi) is 3.13. The van der Waals surface area contributed by atoms with Crippen LogP contribution in [0.2, 0.25) is 0 Å². The van der Waals surface area contributed by atoms with Gasteiger partial charge in [-0.1, -0.05) is 24.3 Å². The molecule has 1 aliphatic rings. The topological polar surface area (TPSA) is 66.4 Å². The molecule has 0 heterocycles. The summed E-state index contributed by atoms with van der Waals surface area (Å²) in [5.74, 6) is -1.40. The van der Waals surface area contributed by atoms with Crippen LogP contribution in [0.1, 0.15) is 30.4 Å². The highest BCUT2D eigenvalue weighted by molar-refractivity contribution is 5.88. The zero-order valence-electron chi connectivity index (χ0n) is 9.64. The molecular weight excluding hydrogens is 218 g/mol. The SMILES string of the molecule is C[C@@H](NC(=O)C1CCc2ccccc21)C(=O)O. The standard InChI is InChI=1S/C13H15NO3/c1-8(13(16)17)14-12(15)11-7-6-9-4-2-3-5-10(9)11/h2-5,8,11H,6-7H2,1H3,(H,14,15)(H,16,17)/t8-,11?/m1/s1. The average molecular weight is 233 g/mol. The third-order valence-corrected chi connectivity index (χ3v) is 3.18. The second-order valence-electron chi connectivity index (χ2n) is 4.36. The molecular formula is C13H15NO3. The van der Waals surface area contributed by atoms with E-state index in [9.17, 15) is 9.59 Å². The highest BCUT2D eigenvalue weighted by atomic mass is 16.4. The number of carboxylic acid groups (broad SMARTS) is 1. The van der Waals surface area contributed by atoms with Crippen LogP contribution in [0.4, 0.5) is 0 Å². The summed E-state index contributed by atoms with van der Waals surface area (Å²) in [6.07, 6.45) is 1.65. The van der Waals surface area contributed by atoms with Crippen molar-refractivity contribution in [1.29, 1.82) is 0 Å². The summed E-state index contributed by atoms with van der Waals surface area (Å²) in [4.78, 5) is 22.6. The number of carbonyl (C=O) groups is 2. The number of amides is 1. The van der Waals surface area contributed by atoms with Gasteiger partial charge in [0.1, 0.15) is 6.04 Å². The maximum atomic E-state index is 11.9. The summed E-state index contributed by atoms with van der Waals surface area (Å²) < 4.78 is 0. The van der Waals surface area contributed by atoms with E-state index in [1.54, 1.807) is 0 Å². The fourth-order valence-corrected chi connectivity index (χ4v) is 2.21. The molecule has 0 saturated carbocycles. The van der Waals surface area contributed by atoms with Crippen molar-refractivity contribution >= 4 is 11.9 Å². The molecule has 0 radical (unpaired) electrons. The lowest BCUT2D eigenvalue weighted by Gasteiger charge is -2.14. The van der Waals surface area contributed by atoms with Crippen molar-refractivity contribution in [3.8, 4) is 0 Å². The quantitative estimate of drug-likeness (QED) is 0.827. The van der Waals surface area contributed by atoms with Crippen LogP contribution < -0.4 is 5.32 Å². The second kappa shape index (κ2) is 4.57. The van der Waals surface area contributed by atoms with Gasteiger partial charge in [-0.05, 0) is 30.9 Å². The van der Waals surface area contributed by atoms with Gasteiger partial charge in [-0.3, -0.25) is 9.59 Å². The van der Waals surface area contributed by atoms with E-state index in [0.717, 1.165) is 18.4 Å². The minimum atomic E-state index is -1.01. The Morgan fingerprint density at radius 1 is 1.41 bits per heavy atom. The Labute approximate surface area is 99.6 Å². The first-order valence-corrected chi connectivity index (χ1v) is 5.70. The molecule has 4 nitrogen and oxygen atoms in total. The van der Waals surface area contributed by atoms with E-state index in [1.807, 2.05) is 24.3 Å². The lowest BCUT2D eigenvalue weighted by Crippen LogP contribution is -2.40. The highest BCUT2D eigenvalue weighted by Gasteiger charge is 2.29. The molecule has 1 amide bonds. The summed E-state index contributed by atoms with van der Waals surface area (Å²) in [5, 5.41) is 11.3. The van der Waals surface area contributed by atoms with Crippen molar-refractivity contribution in [2.45, 2.75) is 31.7 Å². The van der Waals surface area contributed by atoms with E-state index in [2.05, 4.69) is 5.32 Å². The Morgan fingerprint density at radius 2 is 2.12 bits per heavy atom. The average Bonchev–Trinajstić information content (AvgIpc) is 2.72. The maximum Gasteiger partial charge on any atom is 0.325 e. The highest BCUT2D eigenvalue weighted by Crippen LogP contribution is 2.32. The first-order valence-electron chi connectivity index (χ1n) is 5.70. The van der Waals surface area contributed by atoms with Crippen molar-refractivity contribution in [2.24, 2.45) is 0 Å². The molecule has 0 aliphatic heterocycles. The molecule has 2 atom stereocenters. The van der Waals surface area contributed by atoms with Gasteiger partial charge in [-0.2, -0.15) is 0 Å². The Balaban J connectivity index is 2.10. The fourth-order valence-electron chi connectivity index (χ4n) is 2.21. The Hall–Kier alpha value is -1.84. The van der Waals surface area contributed by atoms with E-state index >= 15 is 0 Å². The molecule has 0 aromatic heterocycles. The molecule has 0 bridgehead atoms. The van der Waals surface area contributed by atoms with Gasteiger partial charge in [-0.25, -0.2) is 0 Å². The zero-order valence-corrected chi connectivity index (χ0v) is 9.64. The molecule has 1 aromatic carbocycles. The molecule has 1 aliphatic carbocycles. The minimum Gasteiger partial charge on any atom is -0.480 e. The van der Waals surface area contributed by atoms with E-state index in [-0.39, 0.29) is 11.8 Å². The second-order valence-corrected chi connectivity index (χ2v) is 4.36. The zero-order chi connectivity index (χ0) is 12.4. The Morgan fingerprint density at radius 3 is 2.82 bits per heavy atom. The van der Waals surface area contributed by atoms with Crippen LogP contribution >= 0.6 is 0 Å². The molecule has 17 heavy (non-hydrogen) atoms. The van der Waals surface area contributed by atoms with Crippen LogP contribution in [0.15, 0.2) is 24.3 Å². The van der Waals surface area contributed by atoms with Crippen molar-refractivity contribution in [1.82, 2.24) is 5.32 Å². The van der Waals surface area contributed by atoms with Crippen LogP contribution in [0.5, 0.6) is 0 Å². The third-order valence-electron chi connectivity index (χ3n) is 3.18. The molecule has 2 N–H and O–H groups in total. The van der Waals surface area contributed by atoms with Gasteiger partial charge in [0.05, 0.1) is 5.92 Å². The number of hydrogen-bond donors (Lipinski definition) is 2. The first kappa shape index (κ1) is 11.6. The summed E-state index contributed by atoms with van der Waals surface area (Å²) in [5.41, 5.74) is 2.22. The van der Waals surface area contributed by atoms with Crippen LogP contribution in [0.25, 0.3) is 0 Å². The van der Waals surface area contributed by atoms with E-state index in [0.29, 0.717) is 0 Å². The number of carbonyl (C=O) groups excluding carboxylic acids is 1. The van der Waals surface area contributed by atoms with Gasteiger partial charge in [0.25, 0.3) is 0 Å². The van der Waals surface area contributed by atoms with Crippen LogP contribution in [0, 0.1) is 0 Å². The number of nitrogens with one attached hydrogen (secondary N) is 1. The lowest BCUT2D eigenvalue weighted by atomic mass is 10.0. The summed E-state index contributed by atoms with van der Waals surface area (Å²) in [7, 11) is 0. The summed E-state index contributed by atoms with van der Waals surface area (Å²) in [6, 6.07) is 6.99. The minimum absolute atomic E-state index is 0.190. The van der Waals surface area contributed by atoms with E-state index < -0.39 is 12.0 Å². The normalized spacial score (nSPS) is 19.5. The number of aryl methyl sites for hydroxylation is 1. The lowest BCUT2D eigenvalue weighted by molar-refractivity contribution is -0.141. The van der Waals surface area contributed by atoms with Gasteiger partial charge in [0.2, 0.25) is 5.91 Å². The summed E-state index contributed by atoms with van der Waals surface area (Å²) >= 11 is 0. The molecule has 4 heteroatoms. The number of hydrogen-bond acceptors (Lipinski definition) is 2. The van der Waals surface area contributed by atoms with Crippen molar-refractivity contribution in [3.05, 3.63) is 35.4 Å². The monoisotopic (exact) mass is 233 g/mol. The molecule has 90 valence electrons. The Bertz CT molecular complexity index is 456. The first-order chi connectivity index (χ1) is 8.09. The smallest absolute Gasteiger partial charge is 0.325 e. The van der Waals surface area contributed by atoms with Gasteiger partial charge < -0.3 is 10.4 Å². The number of rotatable bonds is 3. The molecule has 1 aromatic rings. The fraction of sp³-hybridized carbons (Fsp3) is 0.385. The molecule has 0 saturated heterocycles. The largest absolute Gasteiger partial charge is 0.480 e. The van der Waals surface area contributed by atoms with E-state index in [1.165, 1.54) is 12.5 Å². The predicted molar refractivity (Wildman–Crippen MR) is 62.7 cm³/mol. The van der Waals surface area contributed by atoms with Gasteiger partial charge in [0, 0.05) is 0 Å². The number of fused-ring (bicyclic) bond motifs is 1. The van der Waals surface area contributed by atoms with Crippen molar-refractivity contribution < 1.29 is 14.7 Å².